The molecule has 0 saturated heterocycles. The minimum absolute atomic E-state index is 0.0360. The molecule has 0 aliphatic rings. The summed E-state index contributed by atoms with van der Waals surface area (Å²) in [6.45, 7) is 0. The number of hydrogen-bond donors (Lipinski definition) is 0. The van der Waals surface area contributed by atoms with Gasteiger partial charge in [0.1, 0.15) is 0 Å². The van der Waals surface area contributed by atoms with E-state index in [1.54, 1.807) is 14.1 Å². The van der Waals surface area contributed by atoms with E-state index in [0.29, 0.717) is 0 Å². The third-order valence-corrected chi connectivity index (χ3v) is 1.88. The van der Waals surface area contributed by atoms with Crippen LogP contribution < -0.4 is 0 Å². The molecular formula is C8H9Cl2N5O. The Hall–Kier alpha value is -1.27. The van der Waals surface area contributed by atoms with Gasteiger partial charge in [0.25, 0.3) is 5.95 Å². The lowest BCUT2D eigenvalue weighted by molar-refractivity contribution is -0.127. The number of carbonyl (C=O) groups is 1. The van der Waals surface area contributed by atoms with Crippen LogP contribution in [0, 0.1) is 0 Å². The number of aliphatic imine (C=N–C) groups is 1. The second-order valence-electron chi connectivity index (χ2n) is 2.98. The van der Waals surface area contributed by atoms with Gasteiger partial charge in [-0.1, -0.05) is 0 Å². The maximum absolute atomic E-state index is 11.2. The van der Waals surface area contributed by atoms with E-state index < -0.39 is 0 Å². The van der Waals surface area contributed by atoms with Gasteiger partial charge in [0.2, 0.25) is 16.5 Å². The van der Waals surface area contributed by atoms with Crippen LogP contribution in [0.5, 0.6) is 0 Å². The third-order valence-electron chi connectivity index (χ3n) is 1.54. The van der Waals surface area contributed by atoms with Crippen LogP contribution in [-0.4, -0.2) is 46.1 Å². The van der Waals surface area contributed by atoms with E-state index >= 15 is 0 Å². The number of nitrogens with zero attached hydrogens (tertiary/aromatic N) is 5. The lowest BCUT2D eigenvalue weighted by Crippen LogP contribution is -2.21. The predicted octanol–water partition coefficient (Wildman–Crippen LogP) is 1.36. The van der Waals surface area contributed by atoms with Gasteiger partial charge in [0.15, 0.2) is 0 Å². The van der Waals surface area contributed by atoms with E-state index in [1.165, 1.54) is 11.1 Å². The average Bonchev–Trinajstić information content (AvgIpc) is 2.15. The summed E-state index contributed by atoms with van der Waals surface area (Å²) in [5.41, 5.74) is 0. The Morgan fingerprint density at radius 3 is 2.38 bits per heavy atom. The average molecular weight is 262 g/mol. The van der Waals surface area contributed by atoms with Crippen molar-refractivity contribution in [1.82, 2.24) is 19.9 Å². The lowest BCUT2D eigenvalue weighted by atomic mass is 10.4. The zero-order valence-corrected chi connectivity index (χ0v) is 10.2. The largest absolute Gasteiger partial charge is 0.349 e. The molecule has 0 radical (unpaired) electrons. The van der Waals surface area contributed by atoms with Crippen molar-refractivity contribution in [1.29, 1.82) is 0 Å². The van der Waals surface area contributed by atoms with Crippen LogP contribution in [0.4, 0.5) is 5.95 Å². The Morgan fingerprint density at radius 2 is 1.88 bits per heavy atom. The van der Waals surface area contributed by atoms with Crippen LogP contribution in [0.2, 0.25) is 10.6 Å². The van der Waals surface area contributed by atoms with Gasteiger partial charge in [-0.15, -0.1) is 0 Å². The lowest BCUT2D eigenvalue weighted by Gasteiger charge is -2.06. The van der Waals surface area contributed by atoms with E-state index in [4.69, 9.17) is 23.2 Å². The quantitative estimate of drug-likeness (QED) is 0.771. The van der Waals surface area contributed by atoms with E-state index in [-0.39, 0.29) is 28.8 Å². The highest BCUT2D eigenvalue weighted by Gasteiger charge is 2.02. The number of carbonyl (C=O) groups excluding carboxylic acids is 1. The van der Waals surface area contributed by atoms with Crippen molar-refractivity contribution in [2.75, 3.05) is 14.1 Å². The smallest absolute Gasteiger partial charge is 0.254 e. The van der Waals surface area contributed by atoms with E-state index in [0.717, 1.165) is 0 Å². The van der Waals surface area contributed by atoms with Crippen molar-refractivity contribution in [3.05, 3.63) is 10.6 Å². The van der Waals surface area contributed by atoms with Gasteiger partial charge in [-0.05, 0) is 23.2 Å². The number of rotatable bonds is 3. The SMILES string of the molecule is CN(C)C(=O)CC=Nc1nc(Cl)nc(Cl)n1. The van der Waals surface area contributed by atoms with Crippen LogP contribution in [0.3, 0.4) is 0 Å². The molecule has 86 valence electrons. The summed E-state index contributed by atoms with van der Waals surface area (Å²) >= 11 is 11.1. The van der Waals surface area contributed by atoms with Gasteiger partial charge in [-0.2, -0.15) is 15.0 Å². The first-order chi connectivity index (χ1) is 7.49. The van der Waals surface area contributed by atoms with Crippen molar-refractivity contribution in [3.8, 4) is 0 Å². The molecule has 0 fully saturated rings. The van der Waals surface area contributed by atoms with Crippen LogP contribution in [-0.2, 0) is 4.79 Å². The molecule has 0 aliphatic heterocycles. The molecule has 0 bridgehead atoms. The number of amides is 1. The van der Waals surface area contributed by atoms with Gasteiger partial charge >= 0.3 is 0 Å². The number of hydrogen-bond acceptors (Lipinski definition) is 5. The Balaban J connectivity index is 2.66. The monoisotopic (exact) mass is 261 g/mol. The number of halogens is 2. The molecule has 1 aromatic rings. The first-order valence-corrected chi connectivity index (χ1v) is 5.04. The minimum atomic E-state index is -0.0741. The first-order valence-electron chi connectivity index (χ1n) is 4.29. The summed E-state index contributed by atoms with van der Waals surface area (Å²) in [7, 11) is 3.32. The van der Waals surface area contributed by atoms with E-state index in [2.05, 4.69) is 19.9 Å². The van der Waals surface area contributed by atoms with Crippen LogP contribution in [0.1, 0.15) is 6.42 Å². The Labute approximate surface area is 102 Å². The fourth-order valence-corrected chi connectivity index (χ4v) is 1.12. The second-order valence-corrected chi connectivity index (χ2v) is 3.65. The molecule has 0 spiro atoms. The molecule has 0 saturated carbocycles. The maximum atomic E-state index is 11.2. The van der Waals surface area contributed by atoms with E-state index in [9.17, 15) is 4.79 Å². The first kappa shape index (κ1) is 12.8. The molecule has 0 aromatic carbocycles. The molecule has 1 amide bonds. The molecule has 1 aromatic heterocycles. The highest BCUT2D eigenvalue weighted by molar-refractivity contribution is 6.31. The second kappa shape index (κ2) is 5.72. The molecule has 1 heterocycles. The summed E-state index contributed by atoms with van der Waals surface area (Å²) in [5.74, 6) is 0.00607. The molecule has 0 aliphatic carbocycles. The van der Waals surface area contributed by atoms with Gasteiger partial charge in [0, 0.05) is 20.3 Å². The Kier molecular flexibility index (Phi) is 4.57. The molecule has 1 rings (SSSR count). The van der Waals surface area contributed by atoms with Crippen molar-refractivity contribution in [2.24, 2.45) is 4.99 Å². The van der Waals surface area contributed by atoms with E-state index in [1.807, 2.05) is 0 Å². The molecule has 16 heavy (non-hydrogen) atoms. The van der Waals surface area contributed by atoms with Crippen LogP contribution in [0.15, 0.2) is 4.99 Å². The van der Waals surface area contributed by atoms with Gasteiger partial charge in [-0.3, -0.25) is 4.79 Å². The fourth-order valence-electron chi connectivity index (χ4n) is 0.762. The summed E-state index contributed by atoms with van der Waals surface area (Å²) in [5, 5.41) is -0.0721. The van der Waals surface area contributed by atoms with Crippen LogP contribution >= 0.6 is 23.2 Å². The molecule has 8 heteroatoms. The van der Waals surface area contributed by atoms with Crippen molar-refractivity contribution < 1.29 is 4.79 Å². The molecule has 0 unspecified atom stereocenters. The van der Waals surface area contributed by atoms with Crippen LogP contribution in [0.25, 0.3) is 0 Å². The topological polar surface area (TPSA) is 71.3 Å². The third kappa shape index (κ3) is 4.08. The maximum Gasteiger partial charge on any atom is 0.254 e. The molecule has 6 nitrogen and oxygen atoms in total. The van der Waals surface area contributed by atoms with Gasteiger partial charge < -0.3 is 4.90 Å². The standard InChI is InChI=1S/C8H9Cl2N5O/c1-15(2)5(16)3-4-11-8-13-6(9)12-7(10)14-8/h4H,3H2,1-2H3. The highest BCUT2D eigenvalue weighted by atomic mass is 35.5. The molecule has 0 atom stereocenters. The molecule has 0 N–H and O–H groups in total. The summed E-state index contributed by atoms with van der Waals surface area (Å²) in [6.07, 6.45) is 1.55. The van der Waals surface area contributed by atoms with Crippen molar-refractivity contribution >= 4 is 41.3 Å². The Bertz CT molecular complexity index is 401. The normalized spacial score (nSPS) is 10.8. The fraction of sp³-hybridized carbons (Fsp3) is 0.375. The minimum Gasteiger partial charge on any atom is -0.349 e. The summed E-state index contributed by atoms with van der Waals surface area (Å²) in [6, 6.07) is 0. The predicted molar refractivity (Wildman–Crippen MR) is 61.3 cm³/mol. The summed E-state index contributed by atoms with van der Waals surface area (Å²) in [4.78, 5) is 27.5. The summed E-state index contributed by atoms with van der Waals surface area (Å²) < 4.78 is 0. The zero-order valence-electron chi connectivity index (χ0n) is 8.68. The highest BCUT2D eigenvalue weighted by Crippen LogP contribution is 2.11. The van der Waals surface area contributed by atoms with Crippen molar-refractivity contribution in [3.63, 3.8) is 0 Å². The van der Waals surface area contributed by atoms with Crippen molar-refractivity contribution in [2.45, 2.75) is 6.42 Å². The number of aromatic nitrogens is 3. The van der Waals surface area contributed by atoms with Gasteiger partial charge in [-0.25, -0.2) is 4.99 Å². The zero-order chi connectivity index (χ0) is 12.1. The Morgan fingerprint density at radius 1 is 1.31 bits per heavy atom. The van der Waals surface area contributed by atoms with Gasteiger partial charge in [0.05, 0.1) is 6.42 Å². The molecular weight excluding hydrogens is 253 g/mol.